The van der Waals surface area contributed by atoms with Gasteiger partial charge in [0.05, 0.1) is 15.9 Å². The number of benzene rings is 1. The van der Waals surface area contributed by atoms with Crippen molar-refractivity contribution in [3.8, 4) is 0 Å². The molecule has 0 unspecified atom stereocenters. The van der Waals surface area contributed by atoms with Gasteiger partial charge in [0.1, 0.15) is 5.82 Å². The summed E-state index contributed by atoms with van der Waals surface area (Å²) in [5.41, 5.74) is 0.707. The highest BCUT2D eigenvalue weighted by Crippen LogP contribution is 2.23. The lowest BCUT2D eigenvalue weighted by molar-refractivity contribution is 0.762. The Balaban J connectivity index is 2.56. The largest absolute Gasteiger partial charge is 0.329 e. The second-order valence-corrected chi connectivity index (χ2v) is 4.13. The highest BCUT2D eigenvalue weighted by atomic mass is 35.5. The van der Waals surface area contributed by atoms with Gasteiger partial charge in [0.25, 0.3) is 5.56 Å². The van der Waals surface area contributed by atoms with E-state index < -0.39 is 0 Å². The van der Waals surface area contributed by atoms with Gasteiger partial charge in [-0.2, -0.15) is 4.98 Å². The predicted molar refractivity (Wildman–Crippen MR) is 59.3 cm³/mol. The van der Waals surface area contributed by atoms with Crippen molar-refractivity contribution in [3.63, 3.8) is 0 Å². The van der Waals surface area contributed by atoms with Gasteiger partial charge in [0.15, 0.2) is 0 Å². The first-order valence-corrected chi connectivity index (χ1v) is 5.33. The minimum Gasteiger partial charge on any atom is -0.329 e. The van der Waals surface area contributed by atoms with Crippen molar-refractivity contribution in [2.24, 2.45) is 0 Å². The lowest BCUT2D eigenvalue weighted by atomic mass is 10.2. The SMILES string of the molecule is O=c1nc2n(c3cccc(Cl)c13)CCC2. The highest BCUT2D eigenvalue weighted by Gasteiger charge is 2.16. The molecule has 3 nitrogen and oxygen atoms in total. The van der Waals surface area contributed by atoms with E-state index in [0.717, 1.165) is 30.7 Å². The molecule has 2 heterocycles. The number of aromatic nitrogens is 2. The lowest BCUT2D eigenvalue weighted by Gasteiger charge is -2.08. The summed E-state index contributed by atoms with van der Waals surface area (Å²) in [4.78, 5) is 15.8. The molecule has 1 aliphatic heterocycles. The fourth-order valence-corrected chi connectivity index (χ4v) is 2.41. The van der Waals surface area contributed by atoms with E-state index in [9.17, 15) is 4.79 Å². The standard InChI is InChI=1S/C11H9ClN2O/c12-7-3-1-4-8-10(7)11(15)13-9-5-2-6-14(8)9/h1,3-4H,2,5-6H2. The van der Waals surface area contributed by atoms with Crippen LogP contribution in [0.25, 0.3) is 10.9 Å². The molecule has 0 N–H and O–H groups in total. The quantitative estimate of drug-likeness (QED) is 0.681. The molecule has 0 saturated carbocycles. The fourth-order valence-electron chi connectivity index (χ4n) is 2.16. The van der Waals surface area contributed by atoms with Gasteiger partial charge in [-0.3, -0.25) is 4.79 Å². The van der Waals surface area contributed by atoms with Crippen LogP contribution in [0.4, 0.5) is 0 Å². The Labute approximate surface area is 91.3 Å². The Morgan fingerprint density at radius 2 is 2.27 bits per heavy atom. The summed E-state index contributed by atoms with van der Waals surface area (Å²) in [7, 11) is 0. The normalized spacial score (nSPS) is 14.5. The van der Waals surface area contributed by atoms with Crippen molar-refractivity contribution in [2.75, 3.05) is 0 Å². The lowest BCUT2D eigenvalue weighted by Crippen LogP contribution is -2.14. The zero-order valence-electron chi connectivity index (χ0n) is 8.03. The Morgan fingerprint density at radius 1 is 1.40 bits per heavy atom. The molecule has 0 fully saturated rings. The monoisotopic (exact) mass is 220 g/mol. The number of fused-ring (bicyclic) bond motifs is 3. The molecule has 15 heavy (non-hydrogen) atoms. The third-order valence-electron chi connectivity index (χ3n) is 2.82. The third kappa shape index (κ3) is 1.20. The van der Waals surface area contributed by atoms with E-state index in [2.05, 4.69) is 9.55 Å². The van der Waals surface area contributed by atoms with Crippen LogP contribution in [-0.2, 0) is 13.0 Å². The molecule has 1 aliphatic rings. The molecule has 4 heteroatoms. The summed E-state index contributed by atoms with van der Waals surface area (Å²) in [6.45, 7) is 0.930. The first kappa shape index (κ1) is 8.92. The molecule has 0 radical (unpaired) electrons. The van der Waals surface area contributed by atoms with Crippen molar-refractivity contribution in [2.45, 2.75) is 19.4 Å². The van der Waals surface area contributed by atoms with Gasteiger partial charge < -0.3 is 4.57 Å². The Morgan fingerprint density at radius 3 is 3.13 bits per heavy atom. The Hall–Kier alpha value is -1.35. The minimum absolute atomic E-state index is 0.205. The summed E-state index contributed by atoms with van der Waals surface area (Å²) >= 11 is 6.01. The maximum atomic E-state index is 11.8. The zero-order valence-corrected chi connectivity index (χ0v) is 8.79. The van der Waals surface area contributed by atoms with Gasteiger partial charge in [0.2, 0.25) is 0 Å². The molecular formula is C11H9ClN2O. The average molecular weight is 221 g/mol. The van der Waals surface area contributed by atoms with E-state index in [1.807, 2.05) is 12.1 Å². The Kier molecular flexibility index (Phi) is 1.83. The third-order valence-corrected chi connectivity index (χ3v) is 3.14. The molecular weight excluding hydrogens is 212 g/mol. The second-order valence-electron chi connectivity index (χ2n) is 3.72. The molecule has 1 aromatic carbocycles. The van der Waals surface area contributed by atoms with Crippen molar-refractivity contribution >= 4 is 22.5 Å². The van der Waals surface area contributed by atoms with Gasteiger partial charge >= 0.3 is 0 Å². The molecule has 76 valence electrons. The molecule has 0 saturated heterocycles. The summed E-state index contributed by atoms with van der Waals surface area (Å²) in [6, 6.07) is 5.53. The molecule has 3 rings (SSSR count). The number of aryl methyl sites for hydroxylation is 2. The molecule has 0 bridgehead atoms. The van der Waals surface area contributed by atoms with Crippen LogP contribution in [0.5, 0.6) is 0 Å². The molecule has 2 aromatic rings. The highest BCUT2D eigenvalue weighted by molar-refractivity contribution is 6.35. The van der Waals surface area contributed by atoms with Gasteiger partial charge in [-0.25, -0.2) is 0 Å². The topological polar surface area (TPSA) is 34.9 Å². The van der Waals surface area contributed by atoms with Crippen LogP contribution >= 0.6 is 11.6 Å². The van der Waals surface area contributed by atoms with Crippen LogP contribution < -0.4 is 5.56 Å². The first-order valence-electron chi connectivity index (χ1n) is 4.95. The van der Waals surface area contributed by atoms with Crippen LogP contribution in [0.3, 0.4) is 0 Å². The Bertz CT molecular complexity index is 603. The number of halogens is 1. The molecule has 0 amide bonds. The van der Waals surface area contributed by atoms with Crippen LogP contribution in [0, 0.1) is 0 Å². The maximum Gasteiger partial charge on any atom is 0.282 e. The van der Waals surface area contributed by atoms with Crippen LogP contribution in [0.15, 0.2) is 23.0 Å². The number of hydrogen-bond acceptors (Lipinski definition) is 2. The van der Waals surface area contributed by atoms with E-state index in [4.69, 9.17) is 11.6 Å². The van der Waals surface area contributed by atoms with E-state index in [1.54, 1.807) is 6.07 Å². The maximum absolute atomic E-state index is 11.8. The molecule has 1 aromatic heterocycles. The summed E-state index contributed by atoms with van der Waals surface area (Å²) in [5.74, 6) is 0.884. The zero-order chi connectivity index (χ0) is 10.4. The van der Waals surface area contributed by atoms with E-state index in [0.29, 0.717) is 10.4 Å². The van der Waals surface area contributed by atoms with Crippen molar-refractivity contribution in [1.29, 1.82) is 0 Å². The van der Waals surface area contributed by atoms with Crippen molar-refractivity contribution in [1.82, 2.24) is 9.55 Å². The van der Waals surface area contributed by atoms with Gasteiger partial charge in [-0.1, -0.05) is 17.7 Å². The average Bonchev–Trinajstić information content (AvgIpc) is 2.65. The number of hydrogen-bond donors (Lipinski definition) is 0. The van der Waals surface area contributed by atoms with Gasteiger partial charge in [0, 0.05) is 13.0 Å². The van der Waals surface area contributed by atoms with Crippen molar-refractivity contribution < 1.29 is 0 Å². The first-order chi connectivity index (χ1) is 7.27. The number of rotatable bonds is 0. The number of nitrogens with zero attached hydrogens (tertiary/aromatic N) is 2. The van der Waals surface area contributed by atoms with Crippen LogP contribution in [0.1, 0.15) is 12.2 Å². The summed E-state index contributed by atoms with van der Waals surface area (Å²) in [5, 5.41) is 1.04. The van der Waals surface area contributed by atoms with Gasteiger partial charge in [-0.15, -0.1) is 0 Å². The molecule has 0 aliphatic carbocycles. The van der Waals surface area contributed by atoms with Crippen LogP contribution in [-0.4, -0.2) is 9.55 Å². The second kappa shape index (κ2) is 3.07. The summed E-state index contributed by atoms with van der Waals surface area (Å²) in [6.07, 6.45) is 1.94. The van der Waals surface area contributed by atoms with E-state index in [-0.39, 0.29) is 5.56 Å². The smallest absolute Gasteiger partial charge is 0.282 e. The van der Waals surface area contributed by atoms with E-state index in [1.165, 1.54) is 0 Å². The van der Waals surface area contributed by atoms with Gasteiger partial charge in [-0.05, 0) is 18.6 Å². The molecule has 0 spiro atoms. The fraction of sp³-hybridized carbons (Fsp3) is 0.273. The van der Waals surface area contributed by atoms with E-state index >= 15 is 0 Å². The van der Waals surface area contributed by atoms with Crippen molar-refractivity contribution in [3.05, 3.63) is 39.4 Å². The summed E-state index contributed by atoms with van der Waals surface area (Å²) < 4.78 is 2.09. The minimum atomic E-state index is -0.205. The molecule has 0 atom stereocenters. The predicted octanol–water partition coefficient (Wildman–Crippen LogP) is 2.00. The van der Waals surface area contributed by atoms with Crippen LogP contribution in [0.2, 0.25) is 5.02 Å².